The summed E-state index contributed by atoms with van der Waals surface area (Å²) in [4.78, 5) is 17.1. The number of hydrogen-bond acceptors (Lipinski definition) is 4. The van der Waals surface area contributed by atoms with E-state index in [2.05, 4.69) is 43.0 Å². The third-order valence-corrected chi connectivity index (χ3v) is 4.90. The van der Waals surface area contributed by atoms with E-state index < -0.39 is 0 Å². The Hall–Kier alpha value is -2.11. The second-order valence-electron chi connectivity index (χ2n) is 7.33. The Kier molecular flexibility index (Phi) is 4.97. The average Bonchev–Trinajstić information content (AvgIpc) is 2.97. The van der Waals surface area contributed by atoms with E-state index in [1.54, 1.807) is 6.07 Å². The summed E-state index contributed by atoms with van der Waals surface area (Å²) in [6, 6.07) is 12.1. The normalized spacial score (nSPS) is 17.7. The number of aliphatic hydroxyl groups excluding tert-OH is 1. The average molecular weight is 342 g/mol. The zero-order valence-corrected chi connectivity index (χ0v) is 15.2. The van der Waals surface area contributed by atoms with Crippen LogP contribution in [-0.4, -0.2) is 46.0 Å². The quantitative estimate of drug-likeness (QED) is 0.928. The van der Waals surface area contributed by atoms with Crippen LogP contribution in [0.3, 0.4) is 0 Å². The van der Waals surface area contributed by atoms with E-state index in [1.165, 1.54) is 5.56 Å². The molecule has 1 amide bonds. The number of carbonyl (C=O) groups is 1. The summed E-state index contributed by atoms with van der Waals surface area (Å²) in [6.07, 6.45) is 0. The lowest BCUT2D eigenvalue weighted by Crippen LogP contribution is -2.59. The van der Waals surface area contributed by atoms with Crippen molar-refractivity contribution >= 4 is 5.91 Å². The maximum Gasteiger partial charge on any atom is 0.289 e. The van der Waals surface area contributed by atoms with E-state index in [1.807, 2.05) is 17.9 Å². The number of benzene rings is 1. The number of aliphatic hydroxyl groups is 1. The highest BCUT2D eigenvalue weighted by atomic mass is 16.4. The molecule has 1 aromatic carbocycles. The van der Waals surface area contributed by atoms with Crippen molar-refractivity contribution in [2.45, 2.75) is 39.5 Å². The van der Waals surface area contributed by atoms with Crippen LogP contribution in [0.4, 0.5) is 0 Å². The van der Waals surface area contributed by atoms with Gasteiger partial charge in [0, 0.05) is 37.3 Å². The molecule has 2 heterocycles. The highest BCUT2D eigenvalue weighted by Crippen LogP contribution is 2.26. The van der Waals surface area contributed by atoms with E-state index in [9.17, 15) is 9.90 Å². The largest absolute Gasteiger partial charge is 0.453 e. The summed E-state index contributed by atoms with van der Waals surface area (Å²) in [5.41, 5.74) is 1.94. The molecule has 0 bridgehead atoms. The first-order chi connectivity index (χ1) is 11.9. The fraction of sp³-hybridized carbons (Fsp3) is 0.450. The molecule has 5 heteroatoms. The molecule has 0 radical (unpaired) electrons. The SMILES string of the molecule is Cc1cc(CO)oc1C(=O)N1CCN(Cc2ccccc2)C(C)(C)C1. The summed E-state index contributed by atoms with van der Waals surface area (Å²) in [6.45, 7) is 9.01. The Morgan fingerprint density at radius 3 is 2.56 bits per heavy atom. The molecule has 25 heavy (non-hydrogen) atoms. The van der Waals surface area contributed by atoms with Gasteiger partial charge in [0.2, 0.25) is 0 Å². The summed E-state index contributed by atoms with van der Waals surface area (Å²) < 4.78 is 5.51. The molecule has 5 nitrogen and oxygen atoms in total. The molecule has 1 aliphatic heterocycles. The Balaban J connectivity index is 1.71. The van der Waals surface area contributed by atoms with Crippen molar-refractivity contribution in [2.24, 2.45) is 0 Å². The molecule has 1 aliphatic rings. The molecule has 1 aromatic heterocycles. The van der Waals surface area contributed by atoms with E-state index in [0.717, 1.165) is 18.7 Å². The van der Waals surface area contributed by atoms with Gasteiger partial charge in [0.1, 0.15) is 12.4 Å². The maximum absolute atomic E-state index is 12.8. The van der Waals surface area contributed by atoms with Crippen molar-refractivity contribution in [1.29, 1.82) is 0 Å². The van der Waals surface area contributed by atoms with Gasteiger partial charge in [-0.3, -0.25) is 9.69 Å². The van der Waals surface area contributed by atoms with E-state index >= 15 is 0 Å². The van der Waals surface area contributed by atoms with Gasteiger partial charge in [-0.1, -0.05) is 30.3 Å². The number of hydrogen-bond donors (Lipinski definition) is 1. The second-order valence-corrected chi connectivity index (χ2v) is 7.33. The highest BCUT2D eigenvalue weighted by Gasteiger charge is 2.36. The Morgan fingerprint density at radius 2 is 1.96 bits per heavy atom. The maximum atomic E-state index is 12.8. The van der Waals surface area contributed by atoms with Crippen molar-refractivity contribution in [1.82, 2.24) is 9.80 Å². The molecule has 3 rings (SSSR count). The number of carbonyl (C=O) groups excluding carboxylic acids is 1. The standard InChI is InChI=1S/C20H26N2O3/c1-15-11-17(13-23)25-18(15)19(24)21-9-10-22(20(2,3)14-21)12-16-7-5-4-6-8-16/h4-8,11,23H,9-10,12-14H2,1-3H3. The first-order valence-electron chi connectivity index (χ1n) is 8.69. The van der Waals surface area contributed by atoms with Crippen LogP contribution >= 0.6 is 0 Å². The van der Waals surface area contributed by atoms with Gasteiger partial charge in [0.25, 0.3) is 5.91 Å². The third-order valence-electron chi connectivity index (χ3n) is 4.90. The van der Waals surface area contributed by atoms with E-state index in [4.69, 9.17) is 4.42 Å². The number of nitrogens with zero attached hydrogens (tertiary/aromatic N) is 2. The van der Waals surface area contributed by atoms with Crippen molar-refractivity contribution in [3.8, 4) is 0 Å². The summed E-state index contributed by atoms with van der Waals surface area (Å²) in [7, 11) is 0. The lowest BCUT2D eigenvalue weighted by molar-refractivity contribution is 0.0120. The van der Waals surface area contributed by atoms with Crippen LogP contribution in [0, 0.1) is 6.92 Å². The summed E-state index contributed by atoms with van der Waals surface area (Å²) in [5.74, 6) is 0.684. The van der Waals surface area contributed by atoms with Gasteiger partial charge in [-0.2, -0.15) is 0 Å². The topological polar surface area (TPSA) is 56.9 Å². The molecule has 0 spiro atoms. The highest BCUT2D eigenvalue weighted by molar-refractivity contribution is 5.93. The van der Waals surface area contributed by atoms with E-state index in [-0.39, 0.29) is 18.1 Å². The fourth-order valence-corrected chi connectivity index (χ4v) is 3.44. The zero-order valence-electron chi connectivity index (χ0n) is 15.2. The van der Waals surface area contributed by atoms with Gasteiger partial charge in [-0.25, -0.2) is 0 Å². The third kappa shape index (κ3) is 3.78. The minimum absolute atomic E-state index is 0.0929. The lowest BCUT2D eigenvalue weighted by atomic mass is 9.97. The van der Waals surface area contributed by atoms with Gasteiger partial charge in [-0.05, 0) is 32.4 Å². The molecule has 1 fully saturated rings. The second kappa shape index (κ2) is 7.02. The number of aryl methyl sites for hydroxylation is 1. The smallest absolute Gasteiger partial charge is 0.289 e. The molecule has 0 atom stereocenters. The van der Waals surface area contributed by atoms with Crippen LogP contribution in [0.15, 0.2) is 40.8 Å². The number of rotatable bonds is 4. The fourth-order valence-electron chi connectivity index (χ4n) is 3.44. The number of piperazine rings is 1. The Morgan fingerprint density at radius 1 is 1.24 bits per heavy atom. The van der Waals surface area contributed by atoms with Crippen molar-refractivity contribution in [3.05, 3.63) is 59.0 Å². The molecular weight excluding hydrogens is 316 g/mol. The van der Waals surface area contributed by atoms with Crippen molar-refractivity contribution in [3.63, 3.8) is 0 Å². The summed E-state index contributed by atoms with van der Waals surface area (Å²) in [5, 5.41) is 9.20. The van der Waals surface area contributed by atoms with Crippen LogP contribution in [0.25, 0.3) is 0 Å². The van der Waals surface area contributed by atoms with Crippen molar-refractivity contribution in [2.75, 3.05) is 19.6 Å². The Labute approximate surface area is 148 Å². The molecule has 134 valence electrons. The minimum Gasteiger partial charge on any atom is -0.453 e. The summed E-state index contributed by atoms with van der Waals surface area (Å²) >= 11 is 0. The van der Waals surface area contributed by atoms with Crippen LogP contribution in [-0.2, 0) is 13.2 Å². The Bertz CT molecular complexity index is 737. The predicted octanol–water partition coefficient (Wildman–Crippen LogP) is 2.82. The molecular formula is C20H26N2O3. The monoisotopic (exact) mass is 342 g/mol. The van der Waals surface area contributed by atoms with Gasteiger partial charge in [0.05, 0.1) is 0 Å². The van der Waals surface area contributed by atoms with Gasteiger partial charge in [-0.15, -0.1) is 0 Å². The molecule has 0 aliphatic carbocycles. The van der Waals surface area contributed by atoms with Crippen LogP contribution in [0.5, 0.6) is 0 Å². The van der Waals surface area contributed by atoms with Gasteiger partial charge < -0.3 is 14.4 Å². The first kappa shape index (κ1) is 17.7. The number of amides is 1. The zero-order chi connectivity index (χ0) is 18.0. The van der Waals surface area contributed by atoms with Crippen molar-refractivity contribution < 1.29 is 14.3 Å². The first-order valence-corrected chi connectivity index (χ1v) is 8.69. The molecule has 1 N–H and O–H groups in total. The van der Waals surface area contributed by atoms with Gasteiger partial charge in [0.15, 0.2) is 5.76 Å². The van der Waals surface area contributed by atoms with Crippen LogP contribution in [0.1, 0.15) is 41.3 Å². The lowest BCUT2D eigenvalue weighted by Gasteiger charge is -2.47. The molecule has 0 unspecified atom stereocenters. The van der Waals surface area contributed by atoms with Crippen LogP contribution < -0.4 is 0 Å². The van der Waals surface area contributed by atoms with Gasteiger partial charge >= 0.3 is 0 Å². The molecule has 2 aromatic rings. The number of furan rings is 1. The van der Waals surface area contributed by atoms with E-state index in [0.29, 0.717) is 24.6 Å². The molecule has 1 saturated heterocycles. The minimum atomic E-state index is -0.190. The predicted molar refractivity (Wildman–Crippen MR) is 96.2 cm³/mol. The van der Waals surface area contributed by atoms with Crippen LogP contribution in [0.2, 0.25) is 0 Å². The molecule has 0 saturated carbocycles.